The molecule has 3 fully saturated rings. The highest BCUT2D eigenvalue weighted by Crippen LogP contribution is 2.34. The van der Waals surface area contributed by atoms with E-state index in [1.165, 1.54) is 0 Å². The molecule has 3 saturated heterocycles. The number of fused-ring (bicyclic) bond motifs is 1. The minimum absolute atomic E-state index is 0.361. The van der Waals surface area contributed by atoms with E-state index < -0.39 is 0 Å². The average Bonchev–Trinajstić information content (AvgIpc) is 3.44. The van der Waals surface area contributed by atoms with E-state index in [1.807, 2.05) is 0 Å². The second kappa shape index (κ2) is 7.99. The van der Waals surface area contributed by atoms with Gasteiger partial charge in [-0.3, -0.25) is 4.90 Å². The predicted molar refractivity (Wildman–Crippen MR) is 108 cm³/mol. The van der Waals surface area contributed by atoms with Gasteiger partial charge in [0.2, 0.25) is 5.89 Å². The molecule has 0 N–H and O–H groups in total. The number of hydrogen-bond donors (Lipinski definition) is 0. The number of hydrogen-bond acceptors (Lipinski definition) is 8. The minimum atomic E-state index is 0.361. The highest BCUT2D eigenvalue weighted by atomic mass is 16.5. The van der Waals surface area contributed by atoms with Crippen LogP contribution in [0.2, 0.25) is 0 Å². The molecule has 0 bridgehead atoms. The summed E-state index contributed by atoms with van der Waals surface area (Å²) in [6.07, 6.45) is 3.66. The Bertz CT molecular complexity index is 820. The molecule has 0 amide bonds. The van der Waals surface area contributed by atoms with Crippen molar-refractivity contribution in [3.05, 3.63) is 29.8 Å². The average molecular weight is 399 g/mol. The molecule has 0 aliphatic carbocycles. The molecule has 156 valence electrons. The third kappa shape index (κ3) is 4.00. The molecule has 5 heterocycles. The molecule has 0 spiro atoms. The largest absolute Gasteiger partial charge is 0.381 e. The normalized spacial score (nSPS) is 25.8. The molecule has 5 rings (SSSR count). The van der Waals surface area contributed by atoms with Gasteiger partial charge in [0.25, 0.3) is 0 Å². The summed E-state index contributed by atoms with van der Waals surface area (Å²) in [5.74, 6) is 4.82. The first-order valence-corrected chi connectivity index (χ1v) is 10.8. The lowest BCUT2D eigenvalue weighted by Crippen LogP contribution is -2.29. The number of aromatic nitrogens is 4. The summed E-state index contributed by atoms with van der Waals surface area (Å²) in [5, 5.41) is 4.24. The Hall–Kier alpha value is -2.06. The van der Waals surface area contributed by atoms with E-state index in [9.17, 15) is 0 Å². The summed E-state index contributed by atoms with van der Waals surface area (Å²) in [6, 6.07) is 2.15. The van der Waals surface area contributed by atoms with Gasteiger partial charge in [-0.05, 0) is 30.6 Å². The fourth-order valence-electron chi connectivity index (χ4n) is 4.90. The first-order chi connectivity index (χ1) is 14.2. The fraction of sp³-hybridized carbons (Fsp3) is 0.714. The quantitative estimate of drug-likeness (QED) is 0.760. The van der Waals surface area contributed by atoms with E-state index in [1.54, 1.807) is 6.33 Å². The van der Waals surface area contributed by atoms with Crippen LogP contribution in [0, 0.1) is 11.8 Å². The van der Waals surface area contributed by atoms with Crippen LogP contribution in [0.25, 0.3) is 0 Å². The van der Waals surface area contributed by atoms with Crippen LogP contribution in [0.15, 0.2) is 16.9 Å². The maximum absolute atomic E-state index is 5.55. The molecule has 8 nitrogen and oxygen atoms in total. The smallest absolute Gasteiger partial charge is 0.229 e. The molecule has 2 aromatic rings. The van der Waals surface area contributed by atoms with E-state index in [4.69, 9.17) is 9.26 Å². The van der Waals surface area contributed by atoms with Gasteiger partial charge in [-0.1, -0.05) is 19.0 Å². The molecule has 8 heteroatoms. The van der Waals surface area contributed by atoms with E-state index in [0.29, 0.717) is 23.7 Å². The Morgan fingerprint density at radius 2 is 1.83 bits per heavy atom. The van der Waals surface area contributed by atoms with Crippen LogP contribution in [0.3, 0.4) is 0 Å². The molecule has 3 aliphatic rings. The van der Waals surface area contributed by atoms with Crippen LogP contribution in [-0.2, 0) is 11.3 Å². The highest BCUT2D eigenvalue weighted by molar-refractivity contribution is 5.41. The molecule has 2 aromatic heterocycles. The summed E-state index contributed by atoms with van der Waals surface area (Å²) >= 11 is 0. The van der Waals surface area contributed by atoms with Gasteiger partial charge < -0.3 is 14.2 Å². The van der Waals surface area contributed by atoms with Crippen molar-refractivity contribution >= 4 is 5.82 Å². The zero-order chi connectivity index (χ0) is 19.8. The van der Waals surface area contributed by atoms with Crippen molar-refractivity contribution in [2.45, 2.75) is 45.1 Å². The Kier molecular flexibility index (Phi) is 5.22. The number of likely N-dealkylation sites (tertiary alicyclic amines) is 1. The second-order valence-corrected chi connectivity index (χ2v) is 9.01. The van der Waals surface area contributed by atoms with Crippen LogP contribution in [0.1, 0.15) is 55.9 Å². The van der Waals surface area contributed by atoms with Crippen molar-refractivity contribution in [1.29, 1.82) is 0 Å². The zero-order valence-corrected chi connectivity index (χ0v) is 17.3. The maximum Gasteiger partial charge on any atom is 0.229 e. The van der Waals surface area contributed by atoms with Gasteiger partial charge in [-0.25, -0.2) is 9.97 Å². The van der Waals surface area contributed by atoms with Crippen molar-refractivity contribution in [2.75, 3.05) is 44.3 Å². The lowest BCUT2D eigenvalue weighted by atomic mass is 10.0. The Morgan fingerprint density at radius 1 is 1.07 bits per heavy atom. The molecule has 2 unspecified atom stereocenters. The van der Waals surface area contributed by atoms with Gasteiger partial charge >= 0.3 is 0 Å². The lowest BCUT2D eigenvalue weighted by Gasteiger charge is -2.22. The summed E-state index contributed by atoms with van der Waals surface area (Å²) in [7, 11) is 0. The summed E-state index contributed by atoms with van der Waals surface area (Å²) in [4.78, 5) is 18.5. The monoisotopic (exact) mass is 398 g/mol. The topological polar surface area (TPSA) is 80.4 Å². The van der Waals surface area contributed by atoms with E-state index in [2.05, 4.69) is 49.8 Å². The van der Waals surface area contributed by atoms with Gasteiger partial charge in [-0.2, -0.15) is 4.98 Å². The van der Waals surface area contributed by atoms with Crippen LogP contribution < -0.4 is 4.90 Å². The van der Waals surface area contributed by atoms with Gasteiger partial charge in [-0.15, -0.1) is 0 Å². The van der Waals surface area contributed by atoms with Crippen molar-refractivity contribution in [2.24, 2.45) is 11.8 Å². The lowest BCUT2D eigenvalue weighted by molar-refractivity contribution is 0.0778. The number of nitrogens with zero attached hydrogens (tertiary/aromatic N) is 6. The molecule has 0 radical (unpaired) electrons. The molecule has 0 aromatic carbocycles. The van der Waals surface area contributed by atoms with Gasteiger partial charge in [0.1, 0.15) is 12.1 Å². The van der Waals surface area contributed by atoms with Crippen LogP contribution in [0.4, 0.5) is 5.82 Å². The SMILES string of the molecule is CC(C)c1cc(N2CC3CN(Cc4noc(C5CCOCC5)n4)CC3C2)ncn1. The first kappa shape index (κ1) is 18.9. The number of anilines is 1. The molecule has 3 aliphatic heterocycles. The molecule has 2 atom stereocenters. The van der Waals surface area contributed by atoms with Crippen LogP contribution in [-0.4, -0.2) is 64.4 Å². The molecular weight excluding hydrogens is 368 g/mol. The van der Waals surface area contributed by atoms with Crippen LogP contribution in [0.5, 0.6) is 0 Å². The van der Waals surface area contributed by atoms with Gasteiger partial charge in [0, 0.05) is 57.1 Å². The Morgan fingerprint density at radius 3 is 2.55 bits per heavy atom. The van der Waals surface area contributed by atoms with E-state index >= 15 is 0 Å². The van der Waals surface area contributed by atoms with Gasteiger partial charge in [0.05, 0.1) is 6.54 Å². The number of rotatable bonds is 5. The van der Waals surface area contributed by atoms with Crippen molar-refractivity contribution < 1.29 is 9.26 Å². The zero-order valence-electron chi connectivity index (χ0n) is 17.3. The standard InChI is InChI=1S/C21H30N6O2/c1-14(2)18-7-20(23-13-22-18)27-10-16-8-26(9-17(16)11-27)12-19-24-21(29-25-19)15-3-5-28-6-4-15/h7,13-17H,3-6,8-12H2,1-2H3. The molecule has 29 heavy (non-hydrogen) atoms. The van der Waals surface area contributed by atoms with Gasteiger partial charge in [0.15, 0.2) is 5.82 Å². The third-order valence-corrected chi connectivity index (χ3v) is 6.57. The predicted octanol–water partition coefficient (Wildman–Crippen LogP) is 2.45. The minimum Gasteiger partial charge on any atom is -0.381 e. The van der Waals surface area contributed by atoms with E-state index in [0.717, 1.165) is 82.0 Å². The summed E-state index contributed by atoms with van der Waals surface area (Å²) < 4.78 is 11.0. The van der Waals surface area contributed by atoms with Crippen LogP contribution >= 0.6 is 0 Å². The van der Waals surface area contributed by atoms with E-state index in [-0.39, 0.29) is 0 Å². The molecular formula is C21H30N6O2. The third-order valence-electron chi connectivity index (χ3n) is 6.57. The summed E-state index contributed by atoms with van der Waals surface area (Å²) in [5.41, 5.74) is 1.12. The fourth-order valence-corrected chi connectivity index (χ4v) is 4.90. The second-order valence-electron chi connectivity index (χ2n) is 9.01. The van der Waals surface area contributed by atoms with Crippen molar-refractivity contribution in [3.63, 3.8) is 0 Å². The summed E-state index contributed by atoms with van der Waals surface area (Å²) in [6.45, 7) is 11.0. The molecule has 0 saturated carbocycles. The Balaban J connectivity index is 1.17. The maximum atomic E-state index is 5.55. The van der Waals surface area contributed by atoms with Crippen molar-refractivity contribution in [3.8, 4) is 0 Å². The highest BCUT2D eigenvalue weighted by Gasteiger charge is 2.40. The van der Waals surface area contributed by atoms with Crippen molar-refractivity contribution in [1.82, 2.24) is 25.0 Å². The first-order valence-electron chi connectivity index (χ1n) is 10.8. The number of ether oxygens (including phenoxy) is 1. The Labute approximate surface area is 171 Å².